The molecule has 1 aliphatic rings. The largest absolute Gasteiger partial charge is 0.459 e. The van der Waals surface area contributed by atoms with Crippen molar-refractivity contribution < 1.29 is 13.7 Å². The number of aromatic nitrogens is 4. The lowest BCUT2D eigenvalue weighted by molar-refractivity contribution is 0.0904. The summed E-state index contributed by atoms with van der Waals surface area (Å²) in [7, 11) is 0. The van der Waals surface area contributed by atoms with Crippen LogP contribution in [0.5, 0.6) is 0 Å². The number of benzene rings is 1. The van der Waals surface area contributed by atoms with E-state index in [1.807, 2.05) is 22.8 Å². The molecule has 1 amide bonds. The summed E-state index contributed by atoms with van der Waals surface area (Å²) in [5.74, 6) is 0.512. The highest BCUT2D eigenvalue weighted by molar-refractivity contribution is 5.91. The first-order chi connectivity index (χ1) is 15.5. The lowest BCUT2D eigenvalue weighted by Crippen LogP contribution is -2.27. The Morgan fingerprint density at radius 2 is 2.03 bits per heavy atom. The van der Waals surface area contributed by atoms with Crippen molar-refractivity contribution in [3.8, 4) is 11.4 Å². The van der Waals surface area contributed by atoms with Crippen molar-refractivity contribution in [3.63, 3.8) is 0 Å². The lowest BCUT2D eigenvalue weighted by atomic mass is 10.1. The molecule has 1 unspecified atom stereocenters. The van der Waals surface area contributed by atoms with E-state index in [1.54, 1.807) is 26.0 Å². The number of hydrogen-bond acceptors (Lipinski definition) is 7. The first kappa shape index (κ1) is 20.2. The molecule has 4 aromatic rings. The predicted octanol–water partition coefficient (Wildman–Crippen LogP) is 3.95. The molecule has 3 heterocycles. The third kappa shape index (κ3) is 3.59. The highest BCUT2D eigenvalue weighted by Crippen LogP contribution is 2.31. The topological polar surface area (TPSA) is 116 Å². The summed E-state index contributed by atoms with van der Waals surface area (Å²) in [6.45, 7) is 3.50. The van der Waals surface area contributed by atoms with Crippen LogP contribution in [-0.4, -0.2) is 25.6 Å². The van der Waals surface area contributed by atoms with Crippen molar-refractivity contribution in [2.24, 2.45) is 0 Å². The second-order valence-corrected chi connectivity index (χ2v) is 8.14. The van der Waals surface area contributed by atoms with Gasteiger partial charge in [-0.3, -0.25) is 9.59 Å². The lowest BCUT2D eigenvalue weighted by Gasteiger charge is -2.17. The van der Waals surface area contributed by atoms with E-state index >= 15 is 0 Å². The molecule has 5 rings (SSSR count). The molecule has 0 saturated heterocycles. The van der Waals surface area contributed by atoms with Gasteiger partial charge in [0.1, 0.15) is 11.7 Å². The SMILES string of the molecule is Cc1nc2cc(-c3noc(C(C)NC(=O)c4ccco4)n3)ccc2n(C2CCCC2)c1=O. The molecule has 1 aliphatic carbocycles. The highest BCUT2D eigenvalue weighted by atomic mass is 16.5. The molecule has 1 aromatic carbocycles. The standard InChI is InChI=1S/C23H23N5O4/c1-13(25-21(29)19-8-5-11-31-19)22-26-20(27-32-22)15-9-10-18-17(12-15)24-14(2)23(30)28(18)16-6-3-4-7-16/h5,8-13,16H,3-4,6-7H2,1-2H3,(H,25,29). The Labute approximate surface area is 183 Å². The van der Waals surface area contributed by atoms with E-state index in [1.165, 1.54) is 6.26 Å². The van der Waals surface area contributed by atoms with E-state index in [0.29, 0.717) is 11.5 Å². The Bertz CT molecular complexity index is 1330. The van der Waals surface area contributed by atoms with E-state index in [0.717, 1.165) is 42.3 Å². The Balaban J connectivity index is 1.44. The van der Waals surface area contributed by atoms with Gasteiger partial charge in [-0.25, -0.2) is 4.98 Å². The van der Waals surface area contributed by atoms with E-state index in [2.05, 4.69) is 20.4 Å². The van der Waals surface area contributed by atoms with Gasteiger partial charge in [0.25, 0.3) is 11.5 Å². The fraction of sp³-hybridized carbons (Fsp3) is 0.348. The first-order valence-corrected chi connectivity index (χ1v) is 10.7. The van der Waals surface area contributed by atoms with Crippen LogP contribution in [0.25, 0.3) is 22.4 Å². The van der Waals surface area contributed by atoms with Crippen molar-refractivity contribution in [1.29, 1.82) is 0 Å². The van der Waals surface area contributed by atoms with Gasteiger partial charge in [0.2, 0.25) is 11.7 Å². The van der Waals surface area contributed by atoms with Gasteiger partial charge in [-0.2, -0.15) is 4.98 Å². The molecular weight excluding hydrogens is 410 g/mol. The van der Waals surface area contributed by atoms with Crippen LogP contribution in [0.3, 0.4) is 0 Å². The molecule has 9 heteroatoms. The van der Waals surface area contributed by atoms with Gasteiger partial charge in [0.05, 0.1) is 17.3 Å². The predicted molar refractivity (Wildman–Crippen MR) is 116 cm³/mol. The summed E-state index contributed by atoms with van der Waals surface area (Å²) >= 11 is 0. The molecule has 1 N–H and O–H groups in total. The molecule has 0 aliphatic heterocycles. The van der Waals surface area contributed by atoms with E-state index in [9.17, 15) is 9.59 Å². The van der Waals surface area contributed by atoms with Crippen LogP contribution in [0, 0.1) is 6.92 Å². The highest BCUT2D eigenvalue weighted by Gasteiger charge is 2.23. The van der Waals surface area contributed by atoms with Crippen LogP contribution in [0.15, 0.2) is 50.3 Å². The third-order valence-electron chi connectivity index (χ3n) is 5.90. The fourth-order valence-corrected chi connectivity index (χ4v) is 4.26. The number of hydrogen-bond donors (Lipinski definition) is 1. The van der Waals surface area contributed by atoms with Crippen LogP contribution >= 0.6 is 0 Å². The summed E-state index contributed by atoms with van der Waals surface area (Å²) in [5, 5.41) is 6.83. The molecule has 0 bridgehead atoms. The van der Waals surface area contributed by atoms with E-state index < -0.39 is 6.04 Å². The second-order valence-electron chi connectivity index (χ2n) is 8.14. The van der Waals surface area contributed by atoms with E-state index in [-0.39, 0.29) is 29.2 Å². The molecule has 1 atom stereocenters. The van der Waals surface area contributed by atoms with Gasteiger partial charge in [0, 0.05) is 11.6 Å². The fourth-order valence-electron chi connectivity index (χ4n) is 4.26. The molecule has 3 aromatic heterocycles. The zero-order valence-electron chi connectivity index (χ0n) is 17.9. The quantitative estimate of drug-likeness (QED) is 0.506. The average Bonchev–Trinajstić information content (AvgIpc) is 3.56. The number of aryl methyl sites for hydroxylation is 1. The number of nitrogens with zero attached hydrogens (tertiary/aromatic N) is 4. The number of nitrogens with one attached hydrogen (secondary N) is 1. The molecule has 32 heavy (non-hydrogen) atoms. The number of amides is 1. The molecular formula is C23H23N5O4. The molecule has 1 saturated carbocycles. The van der Waals surface area contributed by atoms with Crippen molar-refractivity contribution in [2.45, 2.75) is 51.6 Å². The minimum atomic E-state index is -0.498. The summed E-state index contributed by atoms with van der Waals surface area (Å²) in [6, 6.07) is 8.58. The number of furan rings is 1. The Kier molecular flexibility index (Phi) is 5.08. The molecule has 0 spiro atoms. The number of fused-ring (bicyclic) bond motifs is 1. The Hall–Kier alpha value is -3.75. The second kappa shape index (κ2) is 8.07. The van der Waals surface area contributed by atoms with Crippen LogP contribution in [-0.2, 0) is 0 Å². The van der Waals surface area contributed by atoms with Gasteiger partial charge >= 0.3 is 0 Å². The number of carbonyl (C=O) groups is 1. The normalized spacial score (nSPS) is 15.3. The van der Waals surface area contributed by atoms with Gasteiger partial charge in [-0.05, 0) is 57.0 Å². The van der Waals surface area contributed by atoms with Crippen molar-refractivity contribution in [2.75, 3.05) is 0 Å². The van der Waals surface area contributed by atoms with E-state index in [4.69, 9.17) is 8.94 Å². The molecule has 164 valence electrons. The zero-order valence-corrected chi connectivity index (χ0v) is 17.9. The minimum absolute atomic E-state index is 0.0277. The Morgan fingerprint density at radius 3 is 2.78 bits per heavy atom. The zero-order chi connectivity index (χ0) is 22.2. The molecule has 0 radical (unpaired) electrons. The molecule has 1 fully saturated rings. The number of carbonyl (C=O) groups excluding carboxylic acids is 1. The van der Waals surface area contributed by atoms with Crippen molar-refractivity contribution in [1.82, 2.24) is 25.0 Å². The van der Waals surface area contributed by atoms with Crippen molar-refractivity contribution in [3.05, 3.63) is 64.3 Å². The van der Waals surface area contributed by atoms with Gasteiger partial charge < -0.3 is 18.8 Å². The van der Waals surface area contributed by atoms with Gasteiger partial charge in [-0.1, -0.05) is 18.0 Å². The summed E-state index contributed by atoms with van der Waals surface area (Å²) in [4.78, 5) is 33.9. The summed E-state index contributed by atoms with van der Waals surface area (Å²) in [6.07, 6.45) is 5.73. The average molecular weight is 433 g/mol. The number of rotatable bonds is 5. The monoisotopic (exact) mass is 433 g/mol. The Morgan fingerprint density at radius 1 is 1.22 bits per heavy atom. The van der Waals surface area contributed by atoms with Crippen molar-refractivity contribution >= 4 is 16.9 Å². The minimum Gasteiger partial charge on any atom is -0.459 e. The third-order valence-corrected chi connectivity index (χ3v) is 5.90. The maximum Gasteiger partial charge on any atom is 0.287 e. The first-order valence-electron chi connectivity index (χ1n) is 10.7. The smallest absolute Gasteiger partial charge is 0.287 e. The summed E-state index contributed by atoms with van der Waals surface area (Å²) in [5.41, 5.74) is 2.71. The molecule has 9 nitrogen and oxygen atoms in total. The van der Waals surface area contributed by atoms with Crippen LogP contribution in [0.2, 0.25) is 0 Å². The van der Waals surface area contributed by atoms with Crippen LogP contribution in [0.1, 0.15) is 66.8 Å². The summed E-state index contributed by atoms with van der Waals surface area (Å²) < 4.78 is 12.4. The maximum atomic E-state index is 12.8. The van der Waals surface area contributed by atoms with Gasteiger partial charge in [-0.15, -0.1) is 0 Å². The van der Waals surface area contributed by atoms with Crippen LogP contribution in [0.4, 0.5) is 0 Å². The van der Waals surface area contributed by atoms with Crippen LogP contribution < -0.4 is 10.9 Å². The maximum absolute atomic E-state index is 12.8. The van der Waals surface area contributed by atoms with Gasteiger partial charge in [0.15, 0.2) is 5.76 Å².